The van der Waals surface area contributed by atoms with Gasteiger partial charge in [-0.3, -0.25) is 14.9 Å². The summed E-state index contributed by atoms with van der Waals surface area (Å²) in [5.74, 6) is -2.04. The van der Waals surface area contributed by atoms with Gasteiger partial charge in [-0.1, -0.05) is 42.5 Å². The predicted octanol–water partition coefficient (Wildman–Crippen LogP) is 4.43. The number of carbonyl (C=O) groups is 3. The van der Waals surface area contributed by atoms with E-state index in [4.69, 9.17) is 4.74 Å². The van der Waals surface area contributed by atoms with E-state index in [1.54, 1.807) is 6.07 Å². The van der Waals surface area contributed by atoms with Crippen LogP contribution in [0.2, 0.25) is 0 Å². The van der Waals surface area contributed by atoms with Gasteiger partial charge in [0.05, 0.1) is 11.8 Å². The van der Waals surface area contributed by atoms with Crippen LogP contribution in [0.15, 0.2) is 66.2 Å². The molecule has 1 heterocycles. The Balaban J connectivity index is 1.88. The first kappa shape index (κ1) is 20.3. The van der Waals surface area contributed by atoms with Gasteiger partial charge < -0.3 is 4.74 Å². The molecular weight excluding hydrogens is 399 g/mol. The van der Waals surface area contributed by atoms with Crippen molar-refractivity contribution >= 4 is 40.4 Å². The molecule has 0 bridgehead atoms. The van der Waals surface area contributed by atoms with E-state index in [0.717, 1.165) is 16.8 Å². The van der Waals surface area contributed by atoms with Crippen molar-refractivity contribution in [2.45, 2.75) is 20.0 Å². The van der Waals surface area contributed by atoms with Crippen molar-refractivity contribution in [3.05, 3.63) is 77.6 Å². The number of barbiturate groups is 1. The molecule has 4 amide bonds. The molecule has 1 aliphatic rings. The van der Waals surface area contributed by atoms with E-state index >= 15 is 0 Å². The average molecular weight is 418 g/mol. The van der Waals surface area contributed by atoms with Gasteiger partial charge in [0.2, 0.25) is 0 Å². The summed E-state index contributed by atoms with van der Waals surface area (Å²) in [4.78, 5) is 38.7. The first-order valence-corrected chi connectivity index (χ1v) is 9.71. The molecule has 1 aliphatic heterocycles. The molecule has 6 nitrogen and oxygen atoms in total. The number of nitrogens with zero attached hydrogens (tertiary/aromatic N) is 1. The maximum atomic E-state index is 14.3. The van der Waals surface area contributed by atoms with E-state index < -0.39 is 23.7 Å². The SMILES string of the molecule is CC(C)Oc1ccc2ccccc2c1/C=C1/C(=O)NC(=O)N(c2ccccc2F)C1=O. The van der Waals surface area contributed by atoms with E-state index in [2.05, 4.69) is 5.32 Å². The van der Waals surface area contributed by atoms with E-state index in [-0.39, 0.29) is 17.4 Å². The largest absolute Gasteiger partial charge is 0.490 e. The first-order valence-electron chi connectivity index (χ1n) is 9.71. The molecule has 0 atom stereocenters. The Kier molecular flexibility index (Phi) is 5.25. The minimum absolute atomic E-state index is 0.148. The van der Waals surface area contributed by atoms with Crippen LogP contribution < -0.4 is 15.0 Å². The zero-order valence-electron chi connectivity index (χ0n) is 16.9. The molecule has 0 radical (unpaired) electrons. The highest BCUT2D eigenvalue weighted by Crippen LogP contribution is 2.32. The molecule has 7 heteroatoms. The van der Waals surface area contributed by atoms with Crippen LogP contribution in [-0.2, 0) is 9.59 Å². The summed E-state index contributed by atoms with van der Waals surface area (Å²) < 4.78 is 20.2. The number of rotatable bonds is 4. The molecule has 0 saturated carbocycles. The van der Waals surface area contributed by atoms with E-state index in [1.165, 1.54) is 24.3 Å². The molecule has 3 aromatic carbocycles. The number of urea groups is 1. The number of nitrogens with one attached hydrogen (secondary N) is 1. The Bertz CT molecular complexity index is 1250. The Morgan fingerprint density at radius 2 is 1.68 bits per heavy atom. The van der Waals surface area contributed by atoms with Crippen LogP contribution in [-0.4, -0.2) is 23.9 Å². The summed E-state index contributed by atoms with van der Waals surface area (Å²) in [7, 11) is 0. The molecule has 0 unspecified atom stereocenters. The van der Waals surface area contributed by atoms with Crippen LogP contribution in [0.4, 0.5) is 14.9 Å². The van der Waals surface area contributed by atoms with Crippen molar-refractivity contribution in [2.24, 2.45) is 0 Å². The Hall–Kier alpha value is -4.00. The van der Waals surface area contributed by atoms with E-state index in [1.807, 2.05) is 44.2 Å². The van der Waals surface area contributed by atoms with Gasteiger partial charge in [-0.25, -0.2) is 14.1 Å². The van der Waals surface area contributed by atoms with Gasteiger partial charge in [0.15, 0.2) is 0 Å². The Morgan fingerprint density at radius 1 is 0.968 bits per heavy atom. The zero-order chi connectivity index (χ0) is 22.1. The second kappa shape index (κ2) is 8.02. The number of fused-ring (bicyclic) bond motifs is 1. The number of ether oxygens (including phenoxy) is 1. The second-order valence-corrected chi connectivity index (χ2v) is 7.27. The summed E-state index contributed by atoms with van der Waals surface area (Å²) in [5, 5.41) is 3.77. The third-order valence-corrected chi connectivity index (χ3v) is 4.78. The maximum absolute atomic E-state index is 14.3. The van der Waals surface area contributed by atoms with Crippen LogP contribution in [0.25, 0.3) is 16.8 Å². The lowest BCUT2D eigenvalue weighted by Crippen LogP contribution is -2.54. The van der Waals surface area contributed by atoms with Gasteiger partial charge in [-0.05, 0) is 48.9 Å². The van der Waals surface area contributed by atoms with Crippen molar-refractivity contribution in [3.8, 4) is 5.75 Å². The fourth-order valence-electron chi connectivity index (χ4n) is 3.43. The van der Waals surface area contributed by atoms with Crippen molar-refractivity contribution < 1.29 is 23.5 Å². The minimum Gasteiger partial charge on any atom is -0.490 e. The fraction of sp³-hybridized carbons (Fsp3) is 0.125. The molecule has 31 heavy (non-hydrogen) atoms. The molecule has 156 valence electrons. The Labute approximate surface area is 177 Å². The van der Waals surface area contributed by atoms with E-state index in [0.29, 0.717) is 16.2 Å². The molecule has 0 spiro atoms. The second-order valence-electron chi connectivity index (χ2n) is 7.27. The molecule has 1 N–H and O–H groups in total. The summed E-state index contributed by atoms with van der Waals surface area (Å²) in [6.45, 7) is 3.73. The standard InChI is InChI=1S/C24H19FN2O4/c1-14(2)31-21-12-11-15-7-3-4-8-16(15)17(21)13-18-22(28)26-24(30)27(23(18)29)20-10-6-5-9-19(20)25/h3-14H,1-2H3,(H,26,28,30)/b18-13-. The molecule has 3 aromatic rings. The van der Waals surface area contributed by atoms with Crippen LogP contribution in [0, 0.1) is 5.82 Å². The van der Waals surface area contributed by atoms with Crippen LogP contribution in [0.1, 0.15) is 19.4 Å². The van der Waals surface area contributed by atoms with Crippen molar-refractivity contribution in [3.63, 3.8) is 0 Å². The Morgan fingerprint density at radius 3 is 2.42 bits per heavy atom. The number of benzene rings is 3. The van der Waals surface area contributed by atoms with Gasteiger partial charge in [0.25, 0.3) is 11.8 Å². The molecule has 0 aromatic heterocycles. The molecule has 4 rings (SSSR count). The maximum Gasteiger partial charge on any atom is 0.336 e. The average Bonchev–Trinajstić information content (AvgIpc) is 2.73. The van der Waals surface area contributed by atoms with Gasteiger partial charge in [0.1, 0.15) is 17.1 Å². The third-order valence-electron chi connectivity index (χ3n) is 4.78. The van der Waals surface area contributed by atoms with Crippen LogP contribution in [0.5, 0.6) is 5.75 Å². The highest BCUT2D eigenvalue weighted by atomic mass is 19.1. The summed E-state index contributed by atoms with van der Waals surface area (Å²) in [5.41, 5.74) is -0.0130. The molecule has 0 aliphatic carbocycles. The van der Waals surface area contributed by atoms with Gasteiger partial charge in [-0.15, -0.1) is 0 Å². The smallest absolute Gasteiger partial charge is 0.336 e. The zero-order valence-corrected chi connectivity index (χ0v) is 16.9. The number of anilines is 1. The van der Waals surface area contributed by atoms with Crippen LogP contribution in [0.3, 0.4) is 0 Å². The number of imide groups is 2. The number of halogens is 1. The summed E-state index contributed by atoms with van der Waals surface area (Å²) in [6, 6.07) is 15.5. The first-order chi connectivity index (χ1) is 14.9. The van der Waals surface area contributed by atoms with Gasteiger partial charge in [-0.2, -0.15) is 0 Å². The molecular formula is C24H19FN2O4. The van der Waals surface area contributed by atoms with Crippen molar-refractivity contribution in [2.75, 3.05) is 4.90 Å². The number of carbonyl (C=O) groups excluding carboxylic acids is 3. The highest BCUT2D eigenvalue weighted by Gasteiger charge is 2.38. The van der Waals surface area contributed by atoms with E-state index in [9.17, 15) is 18.8 Å². The quantitative estimate of drug-likeness (QED) is 0.502. The number of para-hydroxylation sites is 1. The van der Waals surface area contributed by atoms with Crippen molar-refractivity contribution in [1.29, 1.82) is 0 Å². The van der Waals surface area contributed by atoms with Crippen LogP contribution >= 0.6 is 0 Å². The third kappa shape index (κ3) is 3.77. The highest BCUT2D eigenvalue weighted by molar-refractivity contribution is 6.39. The number of hydrogen-bond donors (Lipinski definition) is 1. The number of amides is 4. The summed E-state index contributed by atoms with van der Waals surface area (Å²) >= 11 is 0. The predicted molar refractivity (Wildman–Crippen MR) is 115 cm³/mol. The lowest BCUT2D eigenvalue weighted by Gasteiger charge is -2.26. The lowest BCUT2D eigenvalue weighted by atomic mass is 9.99. The summed E-state index contributed by atoms with van der Waals surface area (Å²) in [6.07, 6.45) is 1.24. The monoisotopic (exact) mass is 418 g/mol. The molecule has 1 fully saturated rings. The number of hydrogen-bond acceptors (Lipinski definition) is 4. The topological polar surface area (TPSA) is 75.7 Å². The minimum atomic E-state index is -1.01. The normalized spacial score (nSPS) is 15.7. The van der Waals surface area contributed by atoms with Gasteiger partial charge >= 0.3 is 6.03 Å². The molecule has 1 saturated heterocycles. The van der Waals surface area contributed by atoms with Gasteiger partial charge in [0, 0.05) is 5.56 Å². The fourth-order valence-corrected chi connectivity index (χ4v) is 3.43. The van der Waals surface area contributed by atoms with Crippen molar-refractivity contribution in [1.82, 2.24) is 5.32 Å². The lowest BCUT2D eigenvalue weighted by molar-refractivity contribution is -0.122.